The third-order valence-corrected chi connectivity index (χ3v) is 13.5. The average molecular weight is 785 g/mol. The highest BCUT2D eigenvalue weighted by Gasteiger charge is 2.35. The molecule has 3 aromatic heterocycles. The zero-order valence-corrected chi connectivity index (χ0v) is 33.7. The van der Waals surface area contributed by atoms with Gasteiger partial charge in [-0.2, -0.15) is 9.61 Å². The first-order chi connectivity index (χ1) is 23.7. The molecule has 270 valence electrons. The molecule has 0 radical (unpaired) electrons. The van der Waals surface area contributed by atoms with Crippen molar-refractivity contribution in [3.8, 4) is 22.4 Å². The van der Waals surface area contributed by atoms with Gasteiger partial charge in [-0.1, -0.05) is 75.7 Å². The van der Waals surface area contributed by atoms with Gasteiger partial charge in [-0.15, -0.1) is 0 Å². The molecule has 0 saturated heterocycles. The van der Waals surface area contributed by atoms with Crippen LogP contribution in [0.25, 0.3) is 28.0 Å². The van der Waals surface area contributed by atoms with E-state index in [4.69, 9.17) is 24.5 Å². The maximum absolute atomic E-state index is 14.5. The van der Waals surface area contributed by atoms with Crippen molar-refractivity contribution in [3.05, 3.63) is 65.0 Å². The van der Waals surface area contributed by atoms with Crippen molar-refractivity contribution in [2.75, 3.05) is 31.6 Å². The molecule has 0 amide bonds. The predicted molar refractivity (Wildman–Crippen MR) is 207 cm³/mol. The lowest BCUT2D eigenvalue weighted by atomic mass is 9.78. The summed E-state index contributed by atoms with van der Waals surface area (Å²) in [5.41, 5.74) is 5.18. The molecule has 1 aliphatic rings. The Morgan fingerprint density at radius 3 is 2.10 bits per heavy atom. The molecule has 0 spiro atoms. The Morgan fingerprint density at radius 1 is 0.940 bits per heavy atom. The highest BCUT2D eigenvalue weighted by atomic mass is 79.9. The van der Waals surface area contributed by atoms with Crippen LogP contribution in [0.2, 0.25) is 51.4 Å². The summed E-state index contributed by atoms with van der Waals surface area (Å²) in [4.78, 5) is 23.5. The summed E-state index contributed by atoms with van der Waals surface area (Å²) in [6.45, 7) is 16.0. The first-order valence-electron chi connectivity index (χ1n) is 17.6. The standard InChI is InChI=1S/C37H51BrFN5O4Si2/c1-49(2,3)20-18-47-24-43(25-48-19-21-50(4,5)6)36-32(38)34(28-14-12-27(13-15-28)33(39)37(45)46)42-35-30(23-41-44(35)36)29-16-17-31(40-22-29)26-10-8-7-9-11-26/h7-11,16-17,22-23,27-28,33H,12-15,18-21,24-25H2,1-6H3,(H,45,46). The quantitative estimate of drug-likeness (QED) is 0.0682. The molecule has 1 atom stereocenters. The van der Waals surface area contributed by atoms with Gasteiger partial charge in [0.25, 0.3) is 0 Å². The minimum Gasteiger partial charge on any atom is -0.479 e. The summed E-state index contributed by atoms with van der Waals surface area (Å²) in [6.07, 6.45) is 4.06. The number of aliphatic carboxylic acids is 1. The molecule has 1 saturated carbocycles. The topological polar surface area (TPSA) is 102 Å². The van der Waals surface area contributed by atoms with E-state index >= 15 is 0 Å². The Balaban J connectivity index is 1.54. The van der Waals surface area contributed by atoms with Crippen molar-refractivity contribution in [2.45, 2.75) is 89.1 Å². The molecule has 1 aliphatic carbocycles. The van der Waals surface area contributed by atoms with Gasteiger partial charge in [-0.25, -0.2) is 14.2 Å². The van der Waals surface area contributed by atoms with E-state index in [2.05, 4.69) is 60.1 Å². The van der Waals surface area contributed by atoms with Crippen LogP contribution in [0, 0.1) is 5.92 Å². The number of hydrogen-bond donors (Lipinski definition) is 1. The normalized spacial score (nSPS) is 17.6. The number of rotatable bonds is 16. The van der Waals surface area contributed by atoms with E-state index in [1.165, 1.54) is 0 Å². The van der Waals surface area contributed by atoms with Crippen LogP contribution in [0.5, 0.6) is 0 Å². The van der Waals surface area contributed by atoms with Gasteiger partial charge in [0.1, 0.15) is 13.5 Å². The van der Waals surface area contributed by atoms with Gasteiger partial charge in [0.15, 0.2) is 17.6 Å². The van der Waals surface area contributed by atoms with Crippen LogP contribution in [-0.2, 0) is 14.3 Å². The Bertz CT molecular complexity index is 1700. The maximum Gasteiger partial charge on any atom is 0.338 e. The fraction of sp³-hybridized carbons (Fsp3) is 0.514. The van der Waals surface area contributed by atoms with Crippen molar-refractivity contribution < 1.29 is 23.8 Å². The molecular weight excluding hydrogens is 734 g/mol. The third-order valence-electron chi connectivity index (χ3n) is 9.33. The second kappa shape index (κ2) is 16.6. The van der Waals surface area contributed by atoms with Crippen LogP contribution < -0.4 is 4.90 Å². The molecule has 1 fully saturated rings. The van der Waals surface area contributed by atoms with E-state index in [0.717, 1.165) is 50.5 Å². The largest absolute Gasteiger partial charge is 0.479 e. The smallest absolute Gasteiger partial charge is 0.338 e. The molecule has 4 aromatic rings. The number of fused-ring (bicyclic) bond motifs is 1. The number of halogens is 2. The summed E-state index contributed by atoms with van der Waals surface area (Å²) in [5, 5.41) is 14.2. The summed E-state index contributed by atoms with van der Waals surface area (Å²) < 4.78 is 29.8. The highest BCUT2D eigenvalue weighted by Crippen LogP contribution is 2.43. The number of pyridine rings is 1. The lowest BCUT2D eigenvalue weighted by molar-refractivity contribution is -0.145. The van der Waals surface area contributed by atoms with E-state index in [1.807, 2.05) is 59.4 Å². The van der Waals surface area contributed by atoms with Crippen LogP contribution in [0.3, 0.4) is 0 Å². The van der Waals surface area contributed by atoms with Crippen molar-refractivity contribution in [3.63, 3.8) is 0 Å². The number of carbonyl (C=O) groups is 1. The summed E-state index contributed by atoms with van der Waals surface area (Å²) in [7, 11) is -2.61. The van der Waals surface area contributed by atoms with Gasteiger partial charge < -0.3 is 19.5 Å². The monoisotopic (exact) mass is 783 g/mol. The van der Waals surface area contributed by atoms with Crippen molar-refractivity contribution in [2.24, 2.45) is 5.92 Å². The van der Waals surface area contributed by atoms with Crippen LogP contribution in [0.15, 0.2) is 59.3 Å². The summed E-state index contributed by atoms with van der Waals surface area (Å²) in [5.74, 6) is -1.09. The van der Waals surface area contributed by atoms with Crippen LogP contribution >= 0.6 is 15.9 Å². The van der Waals surface area contributed by atoms with E-state index in [0.29, 0.717) is 58.0 Å². The van der Waals surface area contributed by atoms with Gasteiger partial charge >= 0.3 is 5.97 Å². The number of ether oxygens (including phenoxy) is 2. The molecule has 0 bridgehead atoms. The third kappa shape index (κ3) is 9.87. The molecule has 13 heteroatoms. The Morgan fingerprint density at radius 2 is 1.56 bits per heavy atom. The second-order valence-corrected chi connectivity index (χ2v) is 27.8. The van der Waals surface area contributed by atoms with E-state index in [9.17, 15) is 14.3 Å². The van der Waals surface area contributed by atoms with Crippen LogP contribution in [-0.4, -0.2) is 79.7 Å². The summed E-state index contributed by atoms with van der Waals surface area (Å²) >= 11 is 3.95. The van der Waals surface area contributed by atoms with Gasteiger partial charge in [0.2, 0.25) is 0 Å². The molecule has 3 heterocycles. The predicted octanol–water partition coefficient (Wildman–Crippen LogP) is 9.35. The lowest BCUT2D eigenvalue weighted by Gasteiger charge is -2.31. The molecular formula is C37H51BrFN5O4Si2. The minimum absolute atomic E-state index is 0.00849. The number of anilines is 1. The number of aromatic nitrogens is 4. The van der Waals surface area contributed by atoms with Crippen molar-refractivity contribution in [1.82, 2.24) is 19.6 Å². The molecule has 1 N–H and O–H groups in total. The number of carboxylic acid groups (broad SMARTS) is 1. The number of alkyl halides is 1. The van der Waals surface area contributed by atoms with Crippen LogP contribution in [0.4, 0.5) is 10.2 Å². The van der Waals surface area contributed by atoms with Gasteiger partial charge in [-0.3, -0.25) is 4.98 Å². The average Bonchev–Trinajstić information content (AvgIpc) is 3.50. The molecule has 50 heavy (non-hydrogen) atoms. The number of hydrogen-bond acceptors (Lipinski definition) is 7. The van der Waals surface area contributed by atoms with E-state index < -0.39 is 34.2 Å². The number of benzene rings is 1. The first-order valence-corrected chi connectivity index (χ1v) is 25.8. The molecule has 1 aromatic carbocycles. The van der Waals surface area contributed by atoms with E-state index in [-0.39, 0.29) is 5.92 Å². The minimum atomic E-state index is -1.85. The van der Waals surface area contributed by atoms with Crippen LogP contribution in [0.1, 0.15) is 37.3 Å². The van der Waals surface area contributed by atoms with Gasteiger partial charge in [0.05, 0.1) is 22.1 Å². The Labute approximate surface area is 305 Å². The molecule has 9 nitrogen and oxygen atoms in total. The second-order valence-electron chi connectivity index (χ2n) is 15.8. The van der Waals surface area contributed by atoms with Gasteiger partial charge in [0, 0.05) is 64.1 Å². The first kappa shape index (κ1) is 38.3. The summed E-state index contributed by atoms with van der Waals surface area (Å²) in [6, 6.07) is 16.2. The zero-order valence-electron chi connectivity index (χ0n) is 30.2. The van der Waals surface area contributed by atoms with Crippen molar-refractivity contribution >= 4 is 49.5 Å². The molecule has 0 aliphatic heterocycles. The van der Waals surface area contributed by atoms with E-state index in [1.54, 1.807) is 0 Å². The SMILES string of the molecule is C[Si](C)(C)CCOCN(COCC[Si](C)(C)C)c1c(Br)c(C2CCC(C(F)C(=O)O)CC2)nc2c(-c3ccc(-c4ccccc4)nc3)cnn12. The number of carboxylic acids is 1. The molecule has 5 rings (SSSR count). The number of nitrogens with zero attached hydrogens (tertiary/aromatic N) is 5. The van der Waals surface area contributed by atoms with Gasteiger partial charge in [-0.05, 0) is 59.8 Å². The fourth-order valence-corrected chi connectivity index (χ4v) is 8.55. The Hall–Kier alpha value is -2.98. The fourth-order valence-electron chi connectivity index (χ4n) is 6.21. The zero-order chi connectivity index (χ0) is 36.1. The molecule has 1 unspecified atom stereocenters. The van der Waals surface area contributed by atoms with Crippen molar-refractivity contribution in [1.29, 1.82) is 0 Å². The lowest BCUT2D eigenvalue weighted by Crippen LogP contribution is -2.34. The Kier molecular flexibility index (Phi) is 12.7. The highest BCUT2D eigenvalue weighted by molar-refractivity contribution is 9.10. The maximum atomic E-state index is 14.5.